The summed E-state index contributed by atoms with van der Waals surface area (Å²) in [5.74, 6) is 1.01. The molecular formula is C34H33N3O5. The van der Waals surface area contributed by atoms with Crippen LogP contribution in [-0.2, 0) is 10.3 Å². The summed E-state index contributed by atoms with van der Waals surface area (Å²) in [6.07, 6.45) is 3.87. The van der Waals surface area contributed by atoms with Crippen LogP contribution >= 0.6 is 0 Å². The molecule has 3 aromatic carbocycles. The van der Waals surface area contributed by atoms with Crippen LogP contribution in [0.15, 0.2) is 88.2 Å². The van der Waals surface area contributed by atoms with Crippen molar-refractivity contribution in [2.24, 2.45) is 0 Å². The van der Waals surface area contributed by atoms with Crippen LogP contribution in [0.4, 0.5) is 4.79 Å². The van der Waals surface area contributed by atoms with Gasteiger partial charge in [0.2, 0.25) is 5.43 Å². The normalized spacial score (nSPS) is 14.3. The third kappa shape index (κ3) is 5.04. The number of amides is 1. The first-order chi connectivity index (χ1) is 20.2. The Morgan fingerprint density at radius 1 is 1.00 bits per heavy atom. The van der Waals surface area contributed by atoms with Crippen LogP contribution in [0.2, 0.25) is 0 Å². The second-order valence-electron chi connectivity index (χ2n) is 11.7. The zero-order valence-electron chi connectivity index (χ0n) is 24.1. The first kappa shape index (κ1) is 27.3. The van der Waals surface area contributed by atoms with Gasteiger partial charge in [-0.15, -0.1) is 0 Å². The Morgan fingerprint density at radius 2 is 1.74 bits per heavy atom. The van der Waals surface area contributed by atoms with Crippen molar-refractivity contribution in [1.29, 1.82) is 0 Å². The van der Waals surface area contributed by atoms with Crippen molar-refractivity contribution < 1.29 is 18.7 Å². The topological polar surface area (TPSA) is 106 Å². The molecule has 5 aromatic rings. The average Bonchev–Trinajstić information content (AvgIpc) is 3.49. The number of fused-ring (bicyclic) bond motifs is 1. The van der Waals surface area contributed by atoms with Gasteiger partial charge >= 0.3 is 6.09 Å². The molecule has 1 fully saturated rings. The van der Waals surface area contributed by atoms with Gasteiger partial charge in [0.15, 0.2) is 0 Å². The number of carbonyl (C=O) groups is 1. The highest BCUT2D eigenvalue weighted by molar-refractivity contribution is 5.92. The summed E-state index contributed by atoms with van der Waals surface area (Å²) in [5.41, 5.74) is 3.63. The van der Waals surface area contributed by atoms with Gasteiger partial charge in [0.05, 0.1) is 29.3 Å². The molecule has 2 aromatic heterocycles. The minimum atomic E-state index is -0.585. The molecule has 1 amide bonds. The zero-order valence-corrected chi connectivity index (χ0v) is 24.1. The number of nitrogens with one attached hydrogen (secondary N) is 2. The molecule has 1 aliphatic rings. The van der Waals surface area contributed by atoms with Crippen LogP contribution in [0.5, 0.6) is 5.75 Å². The molecule has 0 bridgehead atoms. The molecule has 0 spiro atoms. The second kappa shape index (κ2) is 10.5. The Balaban J connectivity index is 1.46. The number of hydrogen-bond donors (Lipinski definition) is 2. The first-order valence-electron chi connectivity index (χ1n) is 14.0. The summed E-state index contributed by atoms with van der Waals surface area (Å²) >= 11 is 0. The van der Waals surface area contributed by atoms with Crippen molar-refractivity contribution in [2.45, 2.75) is 51.2 Å². The highest BCUT2D eigenvalue weighted by Crippen LogP contribution is 2.43. The number of H-pyrrole nitrogens is 1. The highest BCUT2D eigenvalue weighted by Gasteiger charge is 2.41. The van der Waals surface area contributed by atoms with Crippen LogP contribution in [0.25, 0.3) is 44.7 Å². The second-order valence-corrected chi connectivity index (χ2v) is 11.7. The number of methoxy groups -OCH3 is 1. The quantitative estimate of drug-likeness (QED) is 0.223. The lowest BCUT2D eigenvalue weighted by Gasteiger charge is -2.43. The van der Waals surface area contributed by atoms with E-state index in [0.717, 1.165) is 47.2 Å². The fourth-order valence-electron chi connectivity index (χ4n) is 5.53. The Bertz CT molecular complexity index is 1800. The van der Waals surface area contributed by atoms with E-state index < -0.39 is 17.2 Å². The van der Waals surface area contributed by atoms with Gasteiger partial charge in [-0.2, -0.15) is 5.10 Å². The summed E-state index contributed by atoms with van der Waals surface area (Å²) in [6, 6.07) is 22.8. The molecule has 0 aliphatic heterocycles. The minimum absolute atomic E-state index is 0.164. The number of hydrogen-bond acceptors (Lipinski definition) is 6. The maximum absolute atomic E-state index is 14.2. The SMILES string of the molecule is COc1cc2c(=O)c(-c3ccc(C4(NC(=O)OC(C)(C)C)CCC4)cc3)c(-c3ccccc3)oc2cc1-c1ccn[nH]1. The molecule has 1 aliphatic carbocycles. The van der Waals surface area contributed by atoms with Gasteiger partial charge in [-0.25, -0.2) is 4.79 Å². The van der Waals surface area contributed by atoms with E-state index in [4.69, 9.17) is 13.9 Å². The third-order valence-electron chi connectivity index (χ3n) is 7.71. The molecule has 0 radical (unpaired) electrons. The van der Waals surface area contributed by atoms with Gasteiger partial charge in [0, 0.05) is 17.3 Å². The van der Waals surface area contributed by atoms with E-state index in [2.05, 4.69) is 15.5 Å². The Labute approximate surface area is 243 Å². The number of alkyl carbamates (subject to hydrolysis) is 1. The molecule has 1 saturated carbocycles. The van der Waals surface area contributed by atoms with Gasteiger partial charge in [0.1, 0.15) is 22.7 Å². The van der Waals surface area contributed by atoms with Crippen molar-refractivity contribution in [1.82, 2.24) is 15.5 Å². The summed E-state index contributed by atoms with van der Waals surface area (Å²) in [5, 5.41) is 10.5. The number of nitrogens with zero attached hydrogens (tertiary/aromatic N) is 1. The fourth-order valence-corrected chi connectivity index (χ4v) is 5.53. The largest absolute Gasteiger partial charge is 0.496 e. The fraction of sp³-hybridized carbons (Fsp3) is 0.265. The Kier molecular flexibility index (Phi) is 6.85. The van der Waals surface area contributed by atoms with E-state index in [-0.39, 0.29) is 5.43 Å². The van der Waals surface area contributed by atoms with Crippen LogP contribution in [0, 0.1) is 0 Å². The maximum Gasteiger partial charge on any atom is 0.408 e. The van der Waals surface area contributed by atoms with Gasteiger partial charge in [-0.1, -0.05) is 54.6 Å². The lowest BCUT2D eigenvalue weighted by molar-refractivity contribution is 0.0377. The summed E-state index contributed by atoms with van der Waals surface area (Å²) in [4.78, 5) is 26.9. The van der Waals surface area contributed by atoms with Crippen molar-refractivity contribution in [3.8, 4) is 39.5 Å². The Morgan fingerprint density at radius 3 is 2.33 bits per heavy atom. The number of aromatic amines is 1. The summed E-state index contributed by atoms with van der Waals surface area (Å²) in [6.45, 7) is 5.55. The lowest BCUT2D eigenvalue weighted by Crippen LogP contribution is -2.52. The smallest absolute Gasteiger partial charge is 0.408 e. The molecule has 0 saturated heterocycles. The number of ether oxygens (including phenoxy) is 2. The van der Waals surface area contributed by atoms with Crippen LogP contribution in [0.3, 0.4) is 0 Å². The zero-order chi connectivity index (χ0) is 29.5. The first-order valence-corrected chi connectivity index (χ1v) is 14.0. The van der Waals surface area contributed by atoms with E-state index in [1.54, 1.807) is 19.4 Å². The average molecular weight is 564 g/mol. The van der Waals surface area contributed by atoms with E-state index in [1.165, 1.54) is 0 Å². The van der Waals surface area contributed by atoms with Gasteiger partial charge in [0.25, 0.3) is 0 Å². The predicted molar refractivity (Wildman–Crippen MR) is 162 cm³/mol. The number of rotatable bonds is 6. The summed E-state index contributed by atoms with van der Waals surface area (Å²) < 4.78 is 17.7. The van der Waals surface area contributed by atoms with Gasteiger partial charge in [-0.3, -0.25) is 9.89 Å². The molecule has 6 rings (SSSR count). The predicted octanol–water partition coefficient (Wildman–Crippen LogP) is 7.43. The van der Waals surface area contributed by atoms with Crippen LogP contribution < -0.4 is 15.5 Å². The highest BCUT2D eigenvalue weighted by atomic mass is 16.6. The minimum Gasteiger partial charge on any atom is -0.496 e. The molecule has 8 nitrogen and oxygen atoms in total. The summed E-state index contributed by atoms with van der Waals surface area (Å²) in [7, 11) is 1.57. The van der Waals surface area contributed by atoms with Crippen molar-refractivity contribution in [3.63, 3.8) is 0 Å². The van der Waals surface area contributed by atoms with Crippen LogP contribution in [-0.4, -0.2) is 29.0 Å². The van der Waals surface area contributed by atoms with Crippen molar-refractivity contribution in [2.75, 3.05) is 7.11 Å². The standard InChI is InChI=1S/C34H33N3O5/c1-33(2,3)42-32(39)36-34(16-8-17-34)23-13-11-21(12-14-23)29-30(38)25-20-27(40-4)24(26-15-18-35-37-26)19-28(25)41-31(29)22-9-6-5-7-10-22/h5-7,9-15,18-20H,8,16-17H2,1-4H3,(H,35,37)(H,36,39). The number of carbonyl (C=O) groups excluding carboxylic acids is 1. The molecular weight excluding hydrogens is 530 g/mol. The van der Waals surface area contributed by atoms with E-state index >= 15 is 0 Å². The molecule has 0 atom stereocenters. The lowest BCUT2D eigenvalue weighted by atomic mass is 9.71. The molecule has 2 heterocycles. The molecule has 0 unspecified atom stereocenters. The maximum atomic E-state index is 14.2. The Hall–Kier alpha value is -4.85. The monoisotopic (exact) mass is 563 g/mol. The number of aromatic nitrogens is 2. The molecule has 42 heavy (non-hydrogen) atoms. The molecule has 214 valence electrons. The van der Waals surface area contributed by atoms with E-state index in [9.17, 15) is 9.59 Å². The third-order valence-corrected chi connectivity index (χ3v) is 7.71. The molecule has 2 N–H and O–H groups in total. The van der Waals surface area contributed by atoms with E-state index in [0.29, 0.717) is 28.0 Å². The van der Waals surface area contributed by atoms with Crippen molar-refractivity contribution >= 4 is 17.1 Å². The van der Waals surface area contributed by atoms with Crippen molar-refractivity contribution in [3.05, 3.63) is 94.8 Å². The van der Waals surface area contributed by atoms with Gasteiger partial charge < -0.3 is 19.2 Å². The molecule has 8 heteroatoms. The number of benzene rings is 3. The van der Waals surface area contributed by atoms with Crippen LogP contribution in [0.1, 0.15) is 45.6 Å². The van der Waals surface area contributed by atoms with Gasteiger partial charge in [-0.05, 0) is 69.4 Å². The van der Waals surface area contributed by atoms with E-state index in [1.807, 2.05) is 87.5 Å².